The lowest BCUT2D eigenvalue weighted by molar-refractivity contribution is -0.132. The number of nitrogens with zero attached hydrogens (tertiary/aromatic N) is 3. The minimum atomic E-state index is -1.04. The van der Waals surface area contributed by atoms with Gasteiger partial charge in [-0.25, -0.2) is 0 Å². The van der Waals surface area contributed by atoms with Crippen molar-refractivity contribution in [3.63, 3.8) is 0 Å². The Balaban J connectivity index is 1.42. The number of Topliss-reactive ketones (excluding diaryl/α,β-unsaturated/α-hetero) is 1. The first kappa shape index (κ1) is 31.9. The van der Waals surface area contributed by atoms with Gasteiger partial charge in [-0.3, -0.25) is 14.5 Å². The molecular formula is C35H31N3O7S2. The van der Waals surface area contributed by atoms with Crippen molar-refractivity contribution in [1.82, 2.24) is 10.2 Å². The van der Waals surface area contributed by atoms with Gasteiger partial charge >= 0.3 is 5.91 Å². The fourth-order valence-electron chi connectivity index (χ4n) is 5.53. The number of thioether (sulfide) groups is 1. The smallest absolute Gasteiger partial charge is 0.301 e. The number of aliphatic hydroxyl groups is 1. The topological polar surface area (TPSA) is 120 Å². The highest BCUT2D eigenvalue weighted by molar-refractivity contribution is 8.00. The molecule has 0 aliphatic carbocycles. The van der Waals surface area contributed by atoms with Crippen LogP contribution < -0.4 is 23.8 Å². The fourth-order valence-corrected chi connectivity index (χ4v) is 7.40. The first-order chi connectivity index (χ1) is 22.9. The van der Waals surface area contributed by atoms with Crippen molar-refractivity contribution in [3.8, 4) is 23.0 Å². The average molecular weight is 670 g/mol. The van der Waals surface area contributed by atoms with Gasteiger partial charge in [-0.05, 0) is 59.2 Å². The number of hydrogen-bond acceptors (Lipinski definition) is 11. The third-order valence-corrected chi connectivity index (χ3v) is 9.84. The normalized spacial score (nSPS) is 15.7. The number of carbonyl (C=O) groups is 2. The van der Waals surface area contributed by atoms with Crippen LogP contribution >= 0.6 is 23.1 Å². The molecule has 0 bridgehead atoms. The predicted octanol–water partition coefficient (Wildman–Crippen LogP) is 7.03. The van der Waals surface area contributed by atoms with Crippen molar-refractivity contribution in [1.29, 1.82) is 0 Å². The molecule has 0 unspecified atom stereocenters. The zero-order valence-corrected chi connectivity index (χ0v) is 27.7. The summed E-state index contributed by atoms with van der Waals surface area (Å²) < 4.78 is 22.7. The summed E-state index contributed by atoms with van der Waals surface area (Å²) in [5.41, 5.74) is 1.80. The maximum Gasteiger partial charge on any atom is 0.301 e. The molecule has 10 nitrogen and oxygen atoms in total. The van der Waals surface area contributed by atoms with E-state index < -0.39 is 17.7 Å². The Labute approximate surface area is 279 Å². The molecule has 12 heteroatoms. The summed E-state index contributed by atoms with van der Waals surface area (Å²) >= 11 is 2.69. The van der Waals surface area contributed by atoms with Crippen molar-refractivity contribution in [3.05, 3.63) is 101 Å². The highest BCUT2D eigenvalue weighted by atomic mass is 32.2. The Morgan fingerprint density at radius 2 is 1.60 bits per heavy atom. The molecule has 1 amide bonds. The Bertz CT molecular complexity index is 2000. The van der Waals surface area contributed by atoms with E-state index in [4.69, 9.17) is 18.9 Å². The summed E-state index contributed by atoms with van der Waals surface area (Å²) in [6, 6.07) is 23.2. The van der Waals surface area contributed by atoms with Crippen LogP contribution in [0.3, 0.4) is 0 Å². The van der Waals surface area contributed by atoms with Crippen LogP contribution in [-0.4, -0.2) is 54.9 Å². The minimum absolute atomic E-state index is 0.117. The van der Waals surface area contributed by atoms with Crippen LogP contribution in [-0.2, 0) is 15.3 Å². The Morgan fingerprint density at radius 1 is 0.872 bits per heavy atom. The summed E-state index contributed by atoms with van der Waals surface area (Å²) in [6.07, 6.45) is 0. The number of carbonyl (C=O) groups excluding carboxylic acids is 2. The summed E-state index contributed by atoms with van der Waals surface area (Å²) in [7, 11) is 4.48. The zero-order valence-electron chi connectivity index (χ0n) is 26.1. The second-order valence-electron chi connectivity index (χ2n) is 10.4. The molecule has 4 aromatic carbocycles. The van der Waals surface area contributed by atoms with E-state index in [-0.39, 0.29) is 22.0 Å². The number of aromatic nitrogens is 2. The van der Waals surface area contributed by atoms with E-state index in [0.717, 1.165) is 16.3 Å². The molecule has 1 N–H and O–H groups in total. The van der Waals surface area contributed by atoms with Crippen LogP contribution in [0.1, 0.15) is 29.7 Å². The van der Waals surface area contributed by atoms with Crippen LogP contribution in [0.4, 0.5) is 5.13 Å². The summed E-state index contributed by atoms with van der Waals surface area (Å²) in [5, 5.41) is 22.9. The first-order valence-corrected chi connectivity index (χ1v) is 16.5. The van der Waals surface area contributed by atoms with Gasteiger partial charge in [0.05, 0.1) is 39.6 Å². The van der Waals surface area contributed by atoms with Gasteiger partial charge in [0.1, 0.15) is 5.76 Å². The van der Waals surface area contributed by atoms with Crippen molar-refractivity contribution in [2.24, 2.45) is 0 Å². The van der Waals surface area contributed by atoms with Crippen molar-refractivity contribution in [2.75, 3.05) is 32.8 Å². The van der Waals surface area contributed by atoms with Gasteiger partial charge in [0.15, 0.2) is 27.3 Å². The summed E-state index contributed by atoms with van der Waals surface area (Å²) in [4.78, 5) is 28.8. The summed E-state index contributed by atoms with van der Waals surface area (Å²) in [6.45, 7) is 2.27. The number of hydrogen-bond donors (Lipinski definition) is 1. The largest absolute Gasteiger partial charge is 0.507 e. The van der Waals surface area contributed by atoms with Crippen LogP contribution in [0, 0.1) is 0 Å². The number of aliphatic hydroxyl groups excluding tert-OH is 1. The van der Waals surface area contributed by atoms with E-state index in [1.807, 2.05) is 25.1 Å². The number of ether oxygens (including phenoxy) is 4. The standard InChI is InChI=1S/C35H31N3O7S2/c1-5-45-26-16-13-21(17-28(26)44-4)30-29(31(39)22-14-15-25(42-2)27(18-22)43-3)32(40)33(41)38(30)34-36-37-35(47-34)46-19-23-11-8-10-20-9-6-7-12-24(20)23/h6-18,30,39H,5,19H2,1-4H3/t30-/m1/s1. The lowest BCUT2D eigenvalue weighted by Crippen LogP contribution is -2.29. The number of rotatable bonds is 11. The van der Waals surface area contributed by atoms with Crippen molar-refractivity contribution >= 4 is 56.5 Å². The molecule has 0 saturated carbocycles. The van der Waals surface area contributed by atoms with Gasteiger partial charge in [0, 0.05) is 11.3 Å². The molecule has 1 atom stereocenters. The van der Waals surface area contributed by atoms with Gasteiger partial charge < -0.3 is 24.1 Å². The second kappa shape index (κ2) is 13.7. The first-order valence-electron chi connectivity index (χ1n) is 14.7. The Kier molecular flexibility index (Phi) is 9.32. The molecule has 0 spiro atoms. The minimum Gasteiger partial charge on any atom is -0.507 e. The molecule has 1 aliphatic rings. The SMILES string of the molecule is CCOc1ccc([C@@H]2C(=C(O)c3ccc(OC)c(OC)c3)C(=O)C(=O)N2c2nnc(SCc3cccc4ccccc34)s2)cc1OC. The number of benzene rings is 4. The molecule has 240 valence electrons. The van der Waals surface area contributed by atoms with Gasteiger partial charge in [-0.15, -0.1) is 10.2 Å². The molecule has 47 heavy (non-hydrogen) atoms. The Morgan fingerprint density at radius 3 is 2.36 bits per heavy atom. The summed E-state index contributed by atoms with van der Waals surface area (Å²) in [5.74, 6) is 0.250. The maximum atomic E-state index is 13.8. The van der Waals surface area contributed by atoms with Gasteiger partial charge in [-0.1, -0.05) is 71.6 Å². The number of fused-ring (bicyclic) bond motifs is 1. The van der Waals surface area contributed by atoms with Gasteiger partial charge in [-0.2, -0.15) is 0 Å². The van der Waals surface area contributed by atoms with Crippen LogP contribution in [0.5, 0.6) is 23.0 Å². The number of ketones is 1. The highest BCUT2D eigenvalue weighted by Crippen LogP contribution is 2.46. The molecule has 6 rings (SSSR count). The van der Waals surface area contributed by atoms with E-state index in [2.05, 4.69) is 34.5 Å². The van der Waals surface area contributed by atoms with E-state index in [1.54, 1.807) is 36.4 Å². The maximum absolute atomic E-state index is 13.8. The van der Waals surface area contributed by atoms with Crippen LogP contribution in [0.2, 0.25) is 0 Å². The van der Waals surface area contributed by atoms with Crippen molar-refractivity contribution < 1.29 is 33.6 Å². The number of anilines is 1. The molecule has 1 aromatic heterocycles. The van der Waals surface area contributed by atoms with E-state index >= 15 is 0 Å². The quantitative estimate of drug-likeness (QED) is 0.0516. The number of amides is 1. The van der Waals surface area contributed by atoms with E-state index in [1.165, 1.54) is 49.3 Å². The highest BCUT2D eigenvalue weighted by Gasteiger charge is 2.48. The molecular weight excluding hydrogens is 639 g/mol. The third-order valence-electron chi connectivity index (χ3n) is 7.74. The lowest BCUT2D eigenvalue weighted by Gasteiger charge is -2.23. The number of methoxy groups -OCH3 is 3. The Hall–Kier alpha value is -5.07. The van der Waals surface area contributed by atoms with Gasteiger partial charge in [0.2, 0.25) is 5.13 Å². The lowest BCUT2D eigenvalue weighted by atomic mass is 9.95. The molecule has 1 aliphatic heterocycles. The monoisotopic (exact) mass is 669 g/mol. The zero-order chi connectivity index (χ0) is 33.1. The van der Waals surface area contributed by atoms with E-state index in [0.29, 0.717) is 45.3 Å². The van der Waals surface area contributed by atoms with E-state index in [9.17, 15) is 14.7 Å². The molecule has 5 aromatic rings. The van der Waals surface area contributed by atoms with Crippen LogP contribution in [0.15, 0.2) is 88.8 Å². The fraction of sp³-hybridized carbons (Fsp3) is 0.200. The molecule has 2 heterocycles. The molecule has 1 fully saturated rings. The van der Waals surface area contributed by atoms with Crippen LogP contribution in [0.25, 0.3) is 16.5 Å². The van der Waals surface area contributed by atoms with Gasteiger partial charge in [0.25, 0.3) is 5.78 Å². The average Bonchev–Trinajstić information content (AvgIpc) is 3.68. The molecule has 0 radical (unpaired) electrons. The third kappa shape index (κ3) is 6.09. The predicted molar refractivity (Wildman–Crippen MR) is 182 cm³/mol. The second-order valence-corrected chi connectivity index (χ2v) is 12.5. The van der Waals surface area contributed by atoms with Crippen molar-refractivity contribution in [2.45, 2.75) is 23.1 Å². The molecule has 1 saturated heterocycles.